The molecule has 2 aromatic carbocycles. The fourth-order valence-electron chi connectivity index (χ4n) is 3.31. The van der Waals surface area contributed by atoms with Crippen molar-refractivity contribution < 1.29 is 9.18 Å². The molecule has 3 aromatic rings. The van der Waals surface area contributed by atoms with Crippen LogP contribution in [-0.2, 0) is 17.9 Å². The summed E-state index contributed by atoms with van der Waals surface area (Å²) < 4.78 is 15.0. The molecule has 1 N–H and O–H groups in total. The van der Waals surface area contributed by atoms with Crippen molar-refractivity contribution in [3.05, 3.63) is 89.8 Å². The van der Waals surface area contributed by atoms with Crippen molar-refractivity contribution in [3.8, 4) is 0 Å². The van der Waals surface area contributed by atoms with Gasteiger partial charge in [-0.15, -0.1) is 0 Å². The summed E-state index contributed by atoms with van der Waals surface area (Å²) >= 11 is 0. The maximum absolute atomic E-state index is 13.0. The molecule has 4 nitrogen and oxygen atoms in total. The molecule has 1 amide bonds. The van der Waals surface area contributed by atoms with Crippen molar-refractivity contribution >= 4 is 5.91 Å². The van der Waals surface area contributed by atoms with Crippen LogP contribution >= 0.6 is 0 Å². The molecule has 1 heterocycles. The molecule has 1 fully saturated rings. The maximum Gasteiger partial charge on any atom is 0.224 e. The molecule has 132 valence electrons. The first kappa shape index (κ1) is 16.5. The summed E-state index contributed by atoms with van der Waals surface area (Å²) in [5.41, 5.74) is 3.29. The SMILES string of the molecule is O=C(NCc1cccc(Cn2ccnc2)c1)[C@H]1C[C@@H]1c1ccc(F)cc1. The van der Waals surface area contributed by atoms with Gasteiger partial charge in [-0.05, 0) is 41.2 Å². The molecule has 1 aliphatic carbocycles. The molecule has 1 aliphatic rings. The third-order valence-electron chi connectivity index (χ3n) is 4.81. The van der Waals surface area contributed by atoms with Gasteiger partial charge in [-0.25, -0.2) is 9.37 Å². The molecule has 0 aliphatic heterocycles. The van der Waals surface area contributed by atoms with Crippen molar-refractivity contribution in [1.82, 2.24) is 14.9 Å². The first-order chi connectivity index (χ1) is 12.7. The van der Waals surface area contributed by atoms with Gasteiger partial charge in [-0.2, -0.15) is 0 Å². The number of aromatic nitrogens is 2. The Morgan fingerprint density at radius 2 is 2.00 bits per heavy atom. The number of hydrogen-bond donors (Lipinski definition) is 1. The van der Waals surface area contributed by atoms with E-state index in [4.69, 9.17) is 0 Å². The molecule has 0 bridgehead atoms. The Bertz CT molecular complexity index is 890. The molecule has 0 unspecified atom stereocenters. The van der Waals surface area contributed by atoms with E-state index in [-0.39, 0.29) is 23.6 Å². The van der Waals surface area contributed by atoms with E-state index in [2.05, 4.69) is 22.4 Å². The number of amides is 1. The van der Waals surface area contributed by atoms with Crippen LogP contribution in [0.25, 0.3) is 0 Å². The van der Waals surface area contributed by atoms with E-state index in [1.165, 1.54) is 17.7 Å². The summed E-state index contributed by atoms with van der Waals surface area (Å²) in [6.45, 7) is 1.28. The topological polar surface area (TPSA) is 46.9 Å². The van der Waals surface area contributed by atoms with Gasteiger partial charge < -0.3 is 9.88 Å². The lowest BCUT2D eigenvalue weighted by Gasteiger charge is -2.08. The van der Waals surface area contributed by atoms with Crippen LogP contribution in [0, 0.1) is 11.7 Å². The predicted molar refractivity (Wildman–Crippen MR) is 96.9 cm³/mol. The molecule has 2 atom stereocenters. The average molecular weight is 349 g/mol. The van der Waals surface area contributed by atoms with Crippen molar-refractivity contribution in [1.29, 1.82) is 0 Å². The molecule has 1 saturated carbocycles. The lowest BCUT2D eigenvalue weighted by molar-refractivity contribution is -0.122. The lowest BCUT2D eigenvalue weighted by atomic mass is 10.1. The second kappa shape index (κ2) is 7.12. The standard InChI is InChI=1S/C21H20FN3O/c22-18-6-4-17(5-7-18)19-11-20(19)21(26)24-12-15-2-1-3-16(10-15)13-25-9-8-23-14-25/h1-10,14,19-20H,11-13H2,(H,24,26)/t19-,20+/m1/s1. The van der Waals surface area contributed by atoms with Crippen molar-refractivity contribution in [2.75, 3.05) is 0 Å². The van der Waals surface area contributed by atoms with E-state index in [0.29, 0.717) is 6.54 Å². The zero-order valence-electron chi connectivity index (χ0n) is 14.3. The van der Waals surface area contributed by atoms with Gasteiger partial charge in [0, 0.05) is 31.4 Å². The van der Waals surface area contributed by atoms with Crippen LogP contribution in [0.15, 0.2) is 67.3 Å². The van der Waals surface area contributed by atoms with E-state index < -0.39 is 0 Å². The normalized spacial score (nSPS) is 18.5. The number of carbonyl (C=O) groups excluding carboxylic acids is 1. The van der Waals surface area contributed by atoms with Gasteiger partial charge in [0.1, 0.15) is 5.82 Å². The van der Waals surface area contributed by atoms with Gasteiger partial charge in [-0.3, -0.25) is 4.79 Å². The van der Waals surface area contributed by atoms with E-state index in [1.54, 1.807) is 24.7 Å². The van der Waals surface area contributed by atoms with Crippen LogP contribution in [0.1, 0.15) is 29.0 Å². The van der Waals surface area contributed by atoms with E-state index in [0.717, 1.165) is 24.1 Å². The molecular formula is C21H20FN3O. The number of nitrogens with one attached hydrogen (secondary N) is 1. The average Bonchev–Trinajstić information content (AvgIpc) is 3.29. The van der Waals surface area contributed by atoms with Gasteiger partial charge in [-0.1, -0.05) is 36.4 Å². The monoisotopic (exact) mass is 349 g/mol. The largest absolute Gasteiger partial charge is 0.352 e. The van der Waals surface area contributed by atoms with Crippen LogP contribution in [0.5, 0.6) is 0 Å². The van der Waals surface area contributed by atoms with Gasteiger partial charge in [0.15, 0.2) is 0 Å². The Hall–Kier alpha value is -2.95. The number of carbonyl (C=O) groups is 1. The summed E-state index contributed by atoms with van der Waals surface area (Å²) in [6.07, 6.45) is 6.31. The molecule has 26 heavy (non-hydrogen) atoms. The third kappa shape index (κ3) is 3.82. The summed E-state index contributed by atoms with van der Waals surface area (Å²) in [5, 5.41) is 3.03. The number of nitrogens with zero attached hydrogens (tertiary/aromatic N) is 2. The fraction of sp³-hybridized carbons (Fsp3) is 0.238. The second-order valence-corrected chi connectivity index (χ2v) is 6.77. The van der Waals surface area contributed by atoms with Crippen LogP contribution < -0.4 is 5.32 Å². The number of halogens is 1. The van der Waals surface area contributed by atoms with Gasteiger partial charge >= 0.3 is 0 Å². The Kier molecular flexibility index (Phi) is 4.52. The Balaban J connectivity index is 1.31. The summed E-state index contributed by atoms with van der Waals surface area (Å²) in [4.78, 5) is 16.4. The van der Waals surface area contributed by atoms with Crippen molar-refractivity contribution in [2.45, 2.75) is 25.4 Å². The Labute approximate surface area is 151 Å². The third-order valence-corrected chi connectivity index (χ3v) is 4.81. The van der Waals surface area contributed by atoms with Crippen molar-refractivity contribution in [3.63, 3.8) is 0 Å². The van der Waals surface area contributed by atoms with E-state index in [1.807, 2.05) is 22.9 Å². The molecule has 0 spiro atoms. The Morgan fingerprint density at radius 1 is 1.19 bits per heavy atom. The first-order valence-corrected chi connectivity index (χ1v) is 8.76. The minimum Gasteiger partial charge on any atom is -0.352 e. The van der Waals surface area contributed by atoms with E-state index >= 15 is 0 Å². The van der Waals surface area contributed by atoms with Crippen LogP contribution in [0.4, 0.5) is 4.39 Å². The number of rotatable bonds is 6. The lowest BCUT2D eigenvalue weighted by Crippen LogP contribution is -2.24. The van der Waals surface area contributed by atoms with Crippen molar-refractivity contribution in [2.24, 2.45) is 5.92 Å². The maximum atomic E-state index is 13.0. The van der Waals surface area contributed by atoms with Gasteiger partial charge in [0.05, 0.1) is 6.33 Å². The van der Waals surface area contributed by atoms with Crippen LogP contribution in [0.3, 0.4) is 0 Å². The zero-order chi connectivity index (χ0) is 17.9. The number of hydrogen-bond acceptors (Lipinski definition) is 2. The molecular weight excluding hydrogens is 329 g/mol. The van der Waals surface area contributed by atoms with Gasteiger partial charge in [0.2, 0.25) is 5.91 Å². The highest BCUT2D eigenvalue weighted by Gasteiger charge is 2.43. The first-order valence-electron chi connectivity index (χ1n) is 8.76. The van der Waals surface area contributed by atoms with Crippen LogP contribution in [-0.4, -0.2) is 15.5 Å². The molecule has 0 radical (unpaired) electrons. The smallest absolute Gasteiger partial charge is 0.224 e. The van der Waals surface area contributed by atoms with Gasteiger partial charge in [0.25, 0.3) is 0 Å². The highest BCUT2D eigenvalue weighted by molar-refractivity contribution is 5.82. The number of imidazole rings is 1. The highest BCUT2D eigenvalue weighted by Crippen LogP contribution is 2.47. The Morgan fingerprint density at radius 3 is 2.77 bits per heavy atom. The quantitative estimate of drug-likeness (QED) is 0.740. The molecule has 1 aromatic heterocycles. The van der Waals surface area contributed by atoms with Crippen LogP contribution in [0.2, 0.25) is 0 Å². The number of benzene rings is 2. The minimum absolute atomic E-state index is 0.00501. The van der Waals surface area contributed by atoms with E-state index in [9.17, 15) is 9.18 Å². The molecule has 4 rings (SSSR count). The summed E-state index contributed by atoms with van der Waals surface area (Å²) in [5.74, 6) is 0.0306. The highest BCUT2D eigenvalue weighted by atomic mass is 19.1. The molecule has 5 heteroatoms. The fourth-order valence-corrected chi connectivity index (χ4v) is 3.31. The zero-order valence-corrected chi connectivity index (χ0v) is 14.3. The molecule has 0 saturated heterocycles. The minimum atomic E-state index is -0.244. The second-order valence-electron chi connectivity index (χ2n) is 6.77. The summed E-state index contributed by atoms with van der Waals surface area (Å²) in [7, 11) is 0. The predicted octanol–water partition coefficient (Wildman–Crippen LogP) is 3.49. The summed E-state index contributed by atoms with van der Waals surface area (Å²) in [6, 6.07) is 14.6.